The monoisotopic (exact) mass is 252 g/mol. The van der Waals surface area contributed by atoms with E-state index in [1.807, 2.05) is 31.3 Å². The number of rotatable bonds is 3. The fourth-order valence-corrected chi connectivity index (χ4v) is 2.22. The first-order valence-electron chi connectivity index (χ1n) is 6.38. The molecule has 0 fully saturated rings. The summed E-state index contributed by atoms with van der Waals surface area (Å²) in [6, 6.07) is 10.2. The maximum Gasteiger partial charge on any atom is 0.130 e. The molecule has 0 saturated carbocycles. The van der Waals surface area contributed by atoms with E-state index in [0.717, 1.165) is 22.6 Å². The van der Waals surface area contributed by atoms with Crippen LogP contribution in [0.15, 0.2) is 42.7 Å². The summed E-state index contributed by atoms with van der Waals surface area (Å²) in [7, 11) is 0. The van der Waals surface area contributed by atoms with E-state index in [4.69, 9.17) is 5.73 Å². The molecule has 0 amide bonds. The topological polar surface area (TPSA) is 67.6 Å². The number of hydrogen-bond acceptors (Lipinski definition) is 3. The molecule has 4 heteroatoms. The molecule has 3 N–H and O–H groups in total. The second-order valence-corrected chi connectivity index (χ2v) is 4.79. The Bertz CT molecular complexity index is 700. The Morgan fingerprint density at radius 3 is 2.95 bits per heavy atom. The van der Waals surface area contributed by atoms with Gasteiger partial charge in [-0.1, -0.05) is 18.2 Å². The zero-order chi connectivity index (χ0) is 13.2. The Hall–Kier alpha value is -2.20. The van der Waals surface area contributed by atoms with Crippen LogP contribution in [-0.4, -0.2) is 21.0 Å². The van der Waals surface area contributed by atoms with Crippen LogP contribution >= 0.6 is 0 Å². The Morgan fingerprint density at radius 1 is 1.26 bits per heavy atom. The number of nitrogens with one attached hydrogen (secondary N) is 1. The fraction of sp³-hybridized carbons (Fsp3) is 0.200. The van der Waals surface area contributed by atoms with Gasteiger partial charge in [-0.15, -0.1) is 0 Å². The number of nitrogens with zero attached hydrogens (tertiary/aromatic N) is 2. The molecular formula is C15H16N4. The standard InChI is InChI=1S/C15H16N4/c1-10(16)8-15-17-7-6-14(19-15)12-9-18-13-5-3-2-4-11(12)13/h2-7,9-10,18H,8,16H2,1H3. The first-order chi connectivity index (χ1) is 9.24. The Morgan fingerprint density at radius 2 is 2.11 bits per heavy atom. The van der Waals surface area contributed by atoms with Crippen molar-refractivity contribution < 1.29 is 0 Å². The highest BCUT2D eigenvalue weighted by Crippen LogP contribution is 2.26. The van der Waals surface area contributed by atoms with Crippen LogP contribution < -0.4 is 5.73 Å². The molecule has 0 spiro atoms. The summed E-state index contributed by atoms with van der Waals surface area (Å²) in [6.07, 6.45) is 4.47. The highest BCUT2D eigenvalue weighted by atomic mass is 14.9. The molecule has 4 nitrogen and oxygen atoms in total. The number of para-hydroxylation sites is 1. The summed E-state index contributed by atoms with van der Waals surface area (Å²) in [5, 5.41) is 1.17. The van der Waals surface area contributed by atoms with E-state index in [2.05, 4.69) is 27.1 Å². The molecule has 0 bridgehead atoms. The number of aromatic nitrogens is 3. The zero-order valence-electron chi connectivity index (χ0n) is 10.8. The van der Waals surface area contributed by atoms with Crippen molar-refractivity contribution in [2.75, 3.05) is 0 Å². The molecule has 96 valence electrons. The normalized spacial score (nSPS) is 12.7. The average molecular weight is 252 g/mol. The first-order valence-corrected chi connectivity index (χ1v) is 6.38. The molecule has 0 radical (unpaired) electrons. The van der Waals surface area contributed by atoms with Gasteiger partial charge in [0.05, 0.1) is 5.69 Å². The summed E-state index contributed by atoms with van der Waals surface area (Å²) < 4.78 is 0. The van der Waals surface area contributed by atoms with E-state index in [0.29, 0.717) is 6.42 Å². The van der Waals surface area contributed by atoms with E-state index in [1.165, 1.54) is 5.39 Å². The third-order valence-corrected chi connectivity index (χ3v) is 3.08. The van der Waals surface area contributed by atoms with Gasteiger partial charge in [0.25, 0.3) is 0 Å². The van der Waals surface area contributed by atoms with E-state index in [-0.39, 0.29) is 6.04 Å². The van der Waals surface area contributed by atoms with E-state index >= 15 is 0 Å². The fourth-order valence-electron chi connectivity index (χ4n) is 2.22. The lowest BCUT2D eigenvalue weighted by atomic mass is 10.1. The van der Waals surface area contributed by atoms with Crippen molar-refractivity contribution in [3.05, 3.63) is 48.5 Å². The smallest absolute Gasteiger partial charge is 0.130 e. The molecule has 1 aromatic carbocycles. The molecule has 0 saturated heterocycles. The van der Waals surface area contributed by atoms with Crippen molar-refractivity contribution in [1.29, 1.82) is 0 Å². The molecule has 0 aliphatic heterocycles. The SMILES string of the molecule is CC(N)Cc1nccc(-c2c[nH]c3ccccc23)n1. The van der Waals surface area contributed by atoms with Gasteiger partial charge in [-0.25, -0.2) is 9.97 Å². The van der Waals surface area contributed by atoms with Crippen LogP contribution in [-0.2, 0) is 6.42 Å². The highest BCUT2D eigenvalue weighted by Gasteiger charge is 2.08. The molecule has 3 rings (SSSR count). The molecule has 2 aromatic heterocycles. The molecule has 1 atom stereocenters. The molecule has 2 heterocycles. The first kappa shape index (κ1) is 11.9. The Balaban J connectivity index is 2.06. The second kappa shape index (κ2) is 4.82. The third-order valence-electron chi connectivity index (χ3n) is 3.08. The van der Waals surface area contributed by atoms with Gasteiger partial charge in [-0.3, -0.25) is 0 Å². The van der Waals surface area contributed by atoms with E-state index in [1.54, 1.807) is 6.20 Å². The summed E-state index contributed by atoms with van der Waals surface area (Å²) in [5.41, 5.74) is 8.95. The third kappa shape index (κ3) is 2.35. The van der Waals surface area contributed by atoms with Gasteiger partial charge in [-0.05, 0) is 19.1 Å². The summed E-state index contributed by atoms with van der Waals surface area (Å²) in [5.74, 6) is 0.790. The zero-order valence-corrected chi connectivity index (χ0v) is 10.8. The summed E-state index contributed by atoms with van der Waals surface area (Å²) in [6.45, 7) is 1.96. The Labute approximate surface area is 111 Å². The maximum absolute atomic E-state index is 5.80. The van der Waals surface area contributed by atoms with E-state index < -0.39 is 0 Å². The van der Waals surface area contributed by atoms with Crippen molar-refractivity contribution in [3.8, 4) is 11.3 Å². The van der Waals surface area contributed by atoms with Crippen LogP contribution in [0.3, 0.4) is 0 Å². The number of aromatic amines is 1. The van der Waals surface area contributed by atoms with Gasteiger partial charge in [0.15, 0.2) is 0 Å². The average Bonchev–Trinajstić information content (AvgIpc) is 2.82. The molecule has 0 aliphatic rings. The quantitative estimate of drug-likeness (QED) is 0.752. The molecule has 1 unspecified atom stereocenters. The van der Waals surface area contributed by atoms with Gasteiger partial charge < -0.3 is 10.7 Å². The summed E-state index contributed by atoms with van der Waals surface area (Å²) >= 11 is 0. The number of H-pyrrole nitrogens is 1. The number of hydrogen-bond donors (Lipinski definition) is 2. The van der Waals surface area contributed by atoms with Crippen LogP contribution in [0.1, 0.15) is 12.7 Å². The largest absolute Gasteiger partial charge is 0.360 e. The Kier molecular flexibility index (Phi) is 3.01. The van der Waals surface area contributed by atoms with Crippen LogP contribution in [0, 0.1) is 0 Å². The lowest BCUT2D eigenvalue weighted by Gasteiger charge is -2.05. The minimum Gasteiger partial charge on any atom is -0.360 e. The molecule has 19 heavy (non-hydrogen) atoms. The van der Waals surface area contributed by atoms with Gasteiger partial charge in [0.2, 0.25) is 0 Å². The molecule has 0 aliphatic carbocycles. The van der Waals surface area contributed by atoms with Gasteiger partial charge in [-0.2, -0.15) is 0 Å². The number of fused-ring (bicyclic) bond motifs is 1. The van der Waals surface area contributed by atoms with Gasteiger partial charge in [0, 0.05) is 41.3 Å². The predicted octanol–water partition coefficient (Wildman–Crippen LogP) is 2.51. The highest BCUT2D eigenvalue weighted by molar-refractivity contribution is 5.94. The number of nitrogens with two attached hydrogens (primary N) is 1. The van der Waals surface area contributed by atoms with Crippen LogP contribution in [0.4, 0.5) is 0 Å². The lowest BCUT2D eigenvalue weighted by Crippen LogP contribution is -2.19. The maximum atomic E-state index is 5.80. The lowest BCUT2D eigenvalue weighted by molar-refractivity contribution is 0.702. The van der Waals surface area contributed by atoms with Crippen molar-refractivity contribution in [2.24, 2.45) is 5.73 Å². The minimum atomic E-state index is 0.0678. The minimum absolute atomic E-state index is 0.0678. The van der Waals surface area contributed by atoms with Crippen LogP contribution in [0.25, 0.3) is 22.2 Å². The van der Waals surface area contributed by atoms with Gasteiger partial charge in [0.1, 0.15) is 5.82 Å². The van der Waals surface area contributed by atoms with Gasteiger partial charge >= 0.3 is 0 Å². The van der Waals surface area contributed by atoms with Crippen molar-refractivity contribution in [1.82, 2.24) is 15.0 Å². The second-order valence-electron chi connectivity index (χ2n) is 4.79. The predicted molar refractivity (Wildman–Crippen MR) is 76.7 cm³/mol. The molecule has 3 aromatic rings. The van der Waals surface area contributed by atoms with Crippen LogP contribution in [0.5, 0.6) is 0 Å². The van der Waals surface area contributed by atoms with Crippen molar-refractivity contribution in [2.45, 2.75) is 19.4 Å². The number of benzene rings is 1. The summed E-state index contributed by atoms with van der Waals surface area (Å²) in [4.78, 5) is 12.1. The molecular weight excluding hydrogens is 236 g/mol. The van der Waals surface area contributed by atoms with E-state index in [9.17, 15) is 0 Å². The van der Waals surface area contributed by atoms with Crippen molar-refractivity contribution in [3.63, 3.8) is 0 Å². The van der Waals surface area contributed by atoms with Crippen LogP contribution in [0.2, 0.25) is 0 Å². The van der Waals surface area contributed by atoms with Crippen molar-refractivity contribution >= 4 is 10.9 Å².